The number of carbonyl (C=O) groups excluding carboxylic acids is 2. The monoisotopic (exact) mass is 373 g/mol. The maximum Gasteiger partial charge on any atom is 0.270 e. The van der Waals surface area contributed by atoms with Gasteiger partial charge in [-0.3, -0.25) is 15.0 Å². The van der Waals surface area contributed by atoms with Crippen LogP contribution in [0, 0.1) is 5.41 Å². The highest BCUT2D eigenvalue weighted by atomic mass is 16.5. The van der Waals surface area contributed by atoms with Crippen LogP contribution in [0.3, 0.4) is 0 Å². The van der Waals surface area contributed by atoms with E-state index in [2.05, 4.69) is 15.3 Å². The van der Waals surface area contributed by atoms with Crippen molar-refractivity contribution in [2.45, 2.75) is 32.4 Å². The summed E-state index contributed by atoms with van der Waals surface area (Å²) in [6.07, 6.45) is 1.16. The lowest BCUT2D eigenvalue weighted by atomic mass is 10.0. The molecule has 1 aliphatic rings. The first-order valence-corrected chi connectivity index (χ1v) is 8.38. The Hall–Kier alpha value is -3.27. The fourth-order valence-electron chi connectivity index (χ4n) is 2.51. The molecule has 0 aliphatic carbocycles. The summed E-state index contributed by atoms with van der Waals surface area (Å²) in [6, 6.07) is 4.71. The number of fused-ring (bicyclic) bond motifs is 1. The van der Waals surface area contributed by atoms with Gasteiger partial charge < -0.3 is 27.3 Å². The summed E-state index contributed by atoms with van der Waals surface area (Å²) in [5.74, 6) is -2.11. The van der Waals surface area contributed by atoms with Crippen LogP contribution in [0.4, 0.5) is 5.69 Å². The number of primary amides is 2. The molecule has 0 saturated carbocycles. The minimum Gasteiger partial charge on any atom is -0.376 e. The van der Waals surface area contributed by atoms with Crippen molar-refractivity contribution in [1.29, 1.82) is 5.41 Å². The second-order valence-corrected chi connectivity index (χ2v) is 5.92. The van der Waals surface area contributed by atoms with Crippen molar-refractivity contribution >= 4 is 35.0 Å². The molecule has 0 radical (unpaired) electrons. The second-order valence-electron chi connectivity index (χ2n) is 5.92. The van der Waals surface area contributed by atoms with Gasteiger partial charge in [0.1, 0.15) is 6.04 Å². The Morgan fingerprint density at radius 2 is 2.04 bits per heavy atom. The highest BCUT2D eigenvalue weighted by molar-refractivity contribution is 6.67. The summed E-state index contributed by atoms with van der Waals surface area (Å²) in [5.41, 5.74) is 18.3. The van der Waals surface area contributed by atoms with Crippen molar-refractivity contribution in [2.75, 3.05) is 11.9 Å². The van der Waals surface area contributed by atoms with E-state index in [4.69, 9.17) is 27.3 Å². The summed E-state index contributed by atoms with van der Waals surface area (Å²) >= 11 is 0. The molecule has 27 heavy (non-hydrogen) atoms. The molecule has 0 fully saturated rings. The van der Waals surface area contributed by atoms with Crippen LogP contribution < -0.4 is 22.5 Å². The Kier molecular flexibility index (Phi) is 6.61. The van der Waals surface area contributed by atoms with Crippen LogP contribution in [-0.2, 0) is 27.4 Å². The number of amidine groups is 1. The number of amides is 2. The van der Waals surface area contributed by atoms with Gasteiger partial charge in [0, 0.05) is 5.69 Å². The Labute approximate surface area is 156 Å². The number of nitrogens with zero attached hydrogens (tertiary/aromatic N) is 2. The number of anilines is 1. The van der Waals surface area contributed by atoms with E-state index in [-0.39, 0.29) is 11.8 Å². The van der Waals surface area contributed by atoms with E-state index in [1.807, 2.05) is 12.1 Å². The summed E-state index contributed by atoms with van der Waals surface area (Å²) in [7, 11) is 0. The Morgan fingerprint density at radius 3 is 2.67 bits per heavy atom. The quantitative estimate of drug-likeness (QED) is 0.337. The van der Waals surface area contributed by atoms with Crippen LogP contribution in [0.2, 0.25) is 0 Å². The molecular formula is C17H23N7O3. The van der Waals surface area contributed by atoms with Gasteiger partial charge in [-0.1, -0.05) is 13.0 Å². The van der Waals surface area contributed by atoms with Crippen LogP contribution in [0.1, 0.15) is 24.5 Å². The van der Waals surface area contributed by atoms with Gasteiger partial charge in [0.2, 0.25) is 11.9 Å². The standard InChI is InChI=1S/C17H23N7O3/c1-2-12(14(19)25)23-17(21)24-16(13(18)15(20)26)22-11-4-3-9-5-6-27-8-10(9)7-11/h3-4,7,12,18H,2,5-6,8H2,1H3,(H2,19,25)(H2,20,26)(H3,21,22,23,24)/t12-/m1/s1. The second kappa shape index (κ2) is 8.90. The fraction of sp³-hybridized carbons (Fsp3) is 0.353. The van der Waals surface area contributed by atoms with Crippen molar-refractivity contribution in [2.24, 2.45) is 27.2 Å². The van der Waals surface area contributed by atoms with E-state index >= 15 is 0 Å². The van der Waals surface area contributed by atoms with E-state index < -0.39 is 23.6 Å². The number of nitrogens with two attached hydrogens (primary N) is 3. The minimum absolute atomic E-state index is 0.181. The molecule has 1 aliphatic heterocycles. The molecule has 1 aromatic rings. The lowest BCUT2D eigenvalue weighted by Crippen LogP contribution is -2.36. The van der Waals surface area contributed by atoms with Crippen LogP contribution in [-0.4, -0.2) is 42.0 Å². The SMILES string of the molecule is CC[C@@H](N=C(N)/N=C(/Nc1ccc2c(c1)COCC2)C(=N)C(N)=O)C(N)=O. The highest BCUT2D eigenvalue weighted by Gasteiger charge is 2.17. The summed E-state index contributed by atoms with van der Waals surface area (Å²) in [4.78, 5) is 30.6. The third kappa shape index (κ3) is 5.35. The average molecular weight is 373 g/mol. The molecule has 0 unspecified atom stereocenters. The molecule has 10 heteroatoms. The number of rotatable bonds is 6. The smallest absolute Gasteiger partial charge is 0.270 e. The van der Waals surface area contributed by atoms with Gasteiger partial charge in [-0.05, 0) is 36.1 Å². The Morgan fingerprint density at radius 1 is 1.30 bits per heavy atom. The lowest BCUT2D eigenvalue weighted by molar-refractivity contribution is -0.119. The maximum atomic E-state index is 11.4. The summed E-state index contributed by atoms with van der Waals surface area (Å²) in [5, 5.41) is 10.7. The van der Waals surface area contributed by atoms with Crippen molar-refractivity contribution in [3.8, 4) is 0 Å². The Balaban J connectivity index is 2.32. The van der Waals surface area contributed by atoms with Gasteiger partial charge in [0.25, 0.3) is 5.91 Å². The van der Waals surface area contributed by atoms with Crippen LogP contribution in [0.15, 0.2) is 28.2 Å². The molecule has 10 nitrogen and oxygen atoms in total. The first-order valence-electron chi connectivity index (χ1n) is 8.38. The number of benzene rings is 1. The molecule has 2 rings (SSSR count). The van der Waals surface area contributed by atoms with Gasteiger partial charge in [-0.15, -0.1) is 0 Å². The summed E-state index contributed by atoms with van der Waals surface area (Å²) < 4.78 is 5.43. The van der Waals surface area contributed by atoms with Crippen LogP contribution in [0.5, 0.6) is 0 Å². The zero-order valence-electron chi connectivity index (χ0n) is 15.0. The molecule has 0 aromatic heterocycles. The van der Waals surface area contributed by atoms with Crippen molar-refractivity contribution in [3.63, 3.8) is 0 Å². The molecule has 1 heterocycles. The molecule has 8 N–H and O–H groups in total. The zero-order valence-corrected chi connectivity index (χ0v) is 15.0. The van der Waals surface area contributed by atoms with E-state index in [1.54, 1.807) is 13.0 Å². The van der Waals surface area contributed by atoms with E-state index in [1.165, 1.54) is 5.56 Å². The summed E-state index contributed by atoms with van der Waals surface area (Å²) in [6.45, 7) is 2.87. The first kappa shape index (κ1) is 20.0. The molecular weight excluding hydrogens is 350 g/mol. The van der Waals surface area contributed by atoms with Crippen LogP contribution >= 0.6 is 0 Å². The van der Waals surface area contributed by atoms with Crippen molar-refractivity contribution in [1.82, 2.24) is 0 Å². The van der Waals surface area contributed by atoms with Gasteiger partial charge in [0.15, 0.2) is 11.5 Å². The molecule has 2 amide bonds. The molecule has 0 bridgehead atoms. The average Bonchev–Trinajstić information content (AvgIpc) is 2.64. The number of hydrogen-bond donors (Lipinski definition) is 5. The van der Waals surface area contributed by atoms with Gasteiger partial charge >= 0.3 is 0 Å². The lowest BCUT2D eigenvalue weighted by Gasteiger charge is -2.18. The number of nitrogens with one attached hydrogen (secondary N) is 2. The van der Waals surface area contributed by atoms with Crippen molar-refractivity contribution in [3.05, 3.63) is 29.3 Å². The van der Waals surface area contributed by atoms with Crippen molar-refractivity contribution < 1.29 is 14.3 Å². The third-order valence-corrected chi connectivity index (χ3v) is 3.96. The Bertz CT molecular complexity index is 817. The number of hydrogen-bond acceptors (Lipinski definition) is 5. The largest absolute Gasteiger partial charge is 0.376 e. The molecule has 144 valence electrons. The normalized spacial score (nSPS) is 15.6. The molecule has 1 atom stereocenters. The number of ether oxygens (including phenoxy) is 1. The molecule has 0 saturated heterocycles. The first-order chi connectivity index (χ1) is 12.8. The molecule has 1 aromatic carbocycles. The van der Waals surface area contributed by atoms with E-state index in [0.29, 0.717) is 25.3 Å². The number of guanidine groups is 1. The predicted octanol–water partition coefficient (Wildman–Crippen LogP) is -0.347. The third-order valence-electron chi connectivity index (χ3n) is 3.96. The predicted molar refractivity (Wildman–Crippen MR) is 103 cm³/mol. The van der Waals surface area contributed by atoms with E-state index in [0.717, 1.165) is 12.0 Å². The fourth-order valence-corrected chi connectivity index (χ4v) is 2.51. The van der Waals surface area contributed by atoms with E-state index in [9.17, 15) is 9.59 Å². The van der Waals surface area contributed by atoms with Gasteiger partial charge in [-0.2, -0.15) is 4.99 Å². The number of aliphatic imine (C=N–C) groups is 2. The van der Waals surface area contributed by atoms with Gasteiger partial charge in [0.05, 0.1) is 13.2 Å². The zero-order chi connectivity index (χ0) is 20.0. The number of carbonyl (C=O) groups is 2. The van der Waals surface area contributed by atoms with Gasteiger partial charge in [-0.25, -0.2) is 4.99 Å². The maximum absolute atomic E-state index is 11.4. The molecule has 0 spiro atoms. The topological polar surface area (TPSA) is 182 Å². The highest BCUT2D eigenvalue weighted by Crippen LogP contribution is 2.21. The minimum atomic E-state index is -0.989. The van der Waals surface area contributed by atoms with Crippen LogP contribution in [0.25, 0.3) is 0 Å².